The molecule has 6 heteroatoms. The highest BCUT2D eigenvalue weighted by Gasteiger charge is 2.23. The van der Waals surface area contributed by atoms with Gasteiger partial charge in [0.25, 0.3) is 0 Å². The molecule has 1 unspecified atom stereocenters. The van der Waals surface area contributed by atoms with E-state index in [1.165, 1.54) is 40.1 Å². The minimum Gasteiger partial charge on any atom is -0.379 e. The van der Waals surface area contributed by atoms with Crippen LogP contribution in [-0.2, 0) is 17.6 Å². The Balaban J connectivity index is 1.45. The van der Waals surface area contributed by atoms with Gasteiger partial charge in [0.1, 0.15) is 0 Å². The summed E-state index contributed by atoms with van der Waals surface area (Å²) in [7, 11) is 0. The monoisotopic (exact) mass is 384 g/mol. The molecule has 27 heavy (non-hydrogen) atoms. The first-order chi connectivity index (χ1) is 13.2. The Kier molecular flexibility index (Phi) is 5.76. The third-order valence-electron chi connectivity index (χ3n) is 5.38. The van der Waals surface area contributed by atoms with Crippen molar-refractivity contribution in [3.05, 3.63) is 51.2 Å². The highest BCUT2D eigenvalue weighted by Crippen LogP contribution is 2.29. The fourth-order valence-corrected chi connectivity index (χ4v) is 4.93. The number of nitrogens with one attached hydrogen (secondary N) is 1. The SMILES string of the molecule is Cc1ccc(C(CN=C(N)Nc2ccc3c(c2)CCC3)N2CCOCC2)s1. The molecule has 2 aliphatic rings. The number of aliphatic imine (C=N–C) groups is 1. The molecule has 2 heterocycles. The van der Waals surface area contributed by atoms with E-state index in [0.29, 0.717) is 12.5 Å². The molecule has 1 aliphatic carbocycles. The minimum atomic E-state index is 0.257. The number of aryl methyl sites for hydroxylation is 3. The summed E-state index contributed by atoms with van der Waals surface area (Å²) in [5.41, 5.74) is 10.2. The van der Waals surface area contributed by atoms with Crippen molar-refractivity contribution in [2.75, 3.05) is 38.2 Å². The van der Waals surface area contributed by atoms with Crippen molar-refractivity contribution in [1.82, 2.24) is 4.90 Å². The number of benzene rings is 1. The molecule has 1 fully saturated rings. The number of ether oxygens (including phenoxy) is 1. The van der Waals surface area contributed by atoms with E-state index >= 15 is 0 Å². The van der Waals surface area contributed by atoms with Gasteiger partial charge >= 0.3 is 0 Å². The zero-order valence-electron chi connectivity index (χ0n) is 15.9. The molecule has 2 aromatic rings. The van der Waals surface area contributed by atoms with Crippen LogP contribution >= 0.6 is 11.3 Å². The number of nitrogens with two attached hydrogens (primary N) is 1. The van der Waals surface area contributed by atoms with E-state index in [1.807, 2.05) is 11.3 Å². The number of guanidine groups is 1. The minimum absolute atomic E-state index is 0.257. The van der Waals surface area contributed by atoms with Crippen molar-refractivity contribution in [2.24, 2.45) is 10.7 Å². The third kappa shape index (κ3) is 4.51. The summed E-state index contributed by atoms with van der Waals surface area (Å²) in [6.07, 6.45) is 3.61. The molecule has 1 atom stereocenters. The summed E-state index contributed by atoms with van der Waals surface area (Å²) in [6, 6.07) is 11.2. The van der Waals surface area contributed by atoms with Crippen LogP contribution in [0.3, 0.4) is 0 Å². The summed E-state index contributed by atoms with van der Waals surface area (Å²) in [4.78, 5) is 9.82. The van der Waals surface area contributed by atoms with Crippen molar-refractivity contribution in [1.29, 1.82) is 0 Å². The molecule has 0 radical (unpaired) electrons. The van der Waals surface area contributed by atoms with Gasteiger partial charge in [-0.05, 0) is 61.6 Å². The summed E-state index contributed by atoms with van der Waals surface area (Å²) >= 11 is 1.85. The number of anilines is 1. The maximum Gasteiger partial charge on any atom is 0.193 e. The molecular weight excluding hydrogens is 356 g/mol. The predicted molar refractivity (Wildman–Crippen MR) is 113 cm³/mol. The quantitative estimate of drug-likeness (QED) is 0.613. The fourth-order valence-electron chi connectivity index (χ4n) is 3.93. The Morgan fingerprint density at radius 3 is 2.81 bits per heavy atom. The van der Waals surface area contributed by atoms with E-state index < -0.39 is 0 Å². The number of morpholine rings is 1. The van der Waals surface area contributed by atoms with Crippen molar-refractivity contribution < 1.29 is 4.74 Å². The first-order valence-corrected chi connectivity index (χ1v) is 10.6. The van der Waals surface area contributed by atoms with Gasteiger partial charge in [0.05, 0.1) is 25.8 Å². The molecule has 0 saturated carbocycles. The van der Waals surface area contributed by atoms with Gasteiger partial charge < -0.3 is 15.8 Å². The van der Waals surface area contributed by atoms with Crippen LogP contribution in [-0.4, -0.2) is 43.7 Å². The van der Waals surface area contributed by atoms with E-state index in [-0.39, 0.29) is 6.04 Å². The lowest BCUT2D eigenvalue weighted by Crippen LogP contribution is -2.40. The molecule has 1 aromatic heterocycles. The van der Waals surface area contributed by atoms with E-state index in [2.05, 4.69) is 52.5 Å². The fraction of sp³-hybridized carbons (Fsp3) is 0.476. The molecule has 1 saturated heterocycles. The van der Waals surface area contributed by atoms with Crippen LogP contribution in [0.2, 0.25) is 0 Å². The third-order valence-corrected chi connectivity index (χ3v) is 6.48. The van der Waals surface area contributed by atoms with Crippen molar-refractivity contribution in [3.63, 3.8) is 0 Å². The van der Waals surface area contributed by atoms with Crippen LogP contribution < -0.4 is 11.1 Å². The van der Waals surface area contributed by atoms with Crippen LogP contribution in [0.4, 0.5) is 5.69 Å². The average molecular weight is 385 g/mol. The second-order valence-corrected chi connectivity index (χ2v) is 8.62. The number of thiophene rings is 1. The van der Waals surface area contributed by atoms with Gasteiger partial charge in [-0.1, -0.05) is 6.07 Å². The van der Waals surface area contributed by atoms with Gasteiger partial charge in [-0.3, -0.25) is 9.89 Å². The van der Waals surface area contributed by atoms with Gasteiger partial charge in [0.15, 0.2) is 5.96 Å². The number of hydrogen-bond acceptors (Lipinski definition) is 4. The molecule has 0 bridgehead atoms. The summed E-state index contributed by atoms with van der Waals surface area (Å²) in [6.45, 7) is 6.26. The Labute approximate surface area is 165 Å². The average Bonchev–Trinajstić information content (AvgIpc) is 3.31. The molecule has 1 aliphatic heterocycles. The summed E-state index contributed by atoms with van der Waals surface area (Å²) < 4.78 is 5.52. The second-order valence-electron chi connectivity index (χ2n) is 7.30. The van der Waals surface area contributed by atoms with Crippen LogP contribution in [0.5, 0.6) is 0 Å². The largest absolute Gasteiger partial charge is 0.379 e. The zero-order chi connectivity index (χ0) is 18.6. The van der Waals surface area contributed by atoms with E-state index in [9.17, 15) is 0 Å². The number of fused-ring (bicyclic) bond motifs is 1. The molecular formula is C21H28N4OS. The first-order valence-electron chi connectivity index (χ1n) is 9.76. The Morgan fingerprint density at radius 2 is 2.04 bits per heavy atom. The molecule has 1 aromatic carbocycles. The molecule has 0 amide bonds. The topological polar surface area (TPSA) is 62.9 Å². The maximum atomic E-state index is 6.21. The lowest BCUT2D eigenvalue weighted by Gasteiger charge is -2.33. The Bertz CT molecular complexity index is 810. The van der Waals surface area contributed by atoms with Crippen molar-refractivity contribution >= 4 is 23.0 Å². The second kappa shape index (κ2) is 8.42. The molecule has 144 valence electrons. The number of rotatable bonds is 5. The highest BCUT2D eigenvalue weighted by atomic mass is 32.1. The van der Waals surface area contributed by atoms with Gasteiger partial charge in [-0.15, -0.1) is 11.3 Å². The maximum absolute atomic E-state index is 6.21. The van der Waals surface area contributed by atoms with Crippen molar-refractivity contribution in [3.8, 4) is 0 Å². The van der Waals surface area contributed by atoms with E-state index in [0.717, 1.165) is 32.0 Å². The number of nitrogens with zero attached hydrogens (tertiary/aromatic N) is 2. The van der Waals surface area contributed by atoms with Crippen LogP contribution in [0.15, 0.2) is 35.3 Å². The van der Waals surface area contributed by atoms with Gasteiger partial charge in [0, 0.05) is 28.5 Å². The standard InChI is InChI=1S/C21H28N4OS/c1-15-5-8-20(27-15)19(25-9-11-26-12-10-25)14-23-21(22)24-18-7-6-16-3-2-4-17(16)13-18/h5-8,13,19H,2-4,9-12,14H2,1H3,(H3,22,23,24). The molecule has 5 nitrogen and oxygen atoms in total. The van der Waals surface area contributed by atoms with Crippen LogP contribution in [0, 0.1) is 6.92 Å². The Morgan fingerprint density at radius 1 is 1.22 bits per heavy atom. The molecule has 0 spiro atoms. The highest BCUT2D eigenvalue weighted by molar-refractivity contribution is 7.12. The van der Waals surface area contributed by atoms with Gasteiger partial charge in [-0.25, -0.2) is 0 Å². The van der Waals surface area contributed by atoms with Crippen molar-refractivity contribution in [2.45, 2.75) is 32.2 Å². The zero-order valence-corrected chi connectivity index (χ0v) is 16.7. The van der Waals surface area contributed by atoms with E-state index in [4.69, 9.17) is 10.5 Å². The van der Waals surface area contributed by atoms with Crippen LogP contribution in [0.25, 0.3) is 0 Å². The lowest BCUT2D eigenvalue weighted by molar-refractivity contribution is 0.0187. The molecule has 4 rings (SSSR count). The smallest absolute Gasteiger partial charge is 0.193 e. The first kappa shape index (κ1) is 18.5. The van der Waals surface area contributed by atoms with Gasteiger partial charge in [0.2, 0.25) is 0 Å². The number of hydrogen-bond donors (Lipinski definition) is 2. The predicted octanol–water partition coefficient (Wildman–Crippen LogP) is 3.35. The molecule has 3 N–H and O–H groups in total. The van der Waals surface area contributed by atoms with Crippen LogP contribution in [0.1, 0.15) is 33.3 Å². The normalized spacial score (nSPS) is 19.1. The van der Waals surface area contributed by atoms with E-state index in [1.54, 1.807) is 0 Å². The summed E-state index contributed by atoms with van der Waals surface area (Å²) in [5, 5.41) is 3.27. The lowest BCUT2D eigenvalue weighted by atomic mass is 10.1. The summed E-state index contributed by atoms with van der Waals surface area (Å²) in [5.74, 6) is 0.486. The van der Waals surface area contributed by atoms with Gasteiger partial charge in [-0.2, -0.15) is 0 Å². The Hall–Kier alpha value is -1.89.